The Morgan fingerprint density at radius 1 is 0.674 bits per heavy atom. The molecule has 46 heavy (non-hydrogen) atoms. The zero-order valence-electron chi connectivity index (χ0n) is 27.9. The van der Waals surface area contributed by atoms with E-state index in [1.165, 1.54) is 96.9 Å². The molecule has 1 aromatic rings. The average molecular weight is 684 g/mol. The van der Waals surface area contributed by atoms with E-state index in [9.17, 15) is 4.79 Å². The largest absolute Gasteiger partial charge is 0.445 e. The summed E-state index contributed by atoms with van der Waals surface area (Å²) >= 11 is 0. The standard InChI is InChI=1S/C22H32N2O3.C14H26N2O.2ClH/c25-22(27-17-18-5-2-1-3-6-18)23-13-10-20(11-14-23)24-12-4-7-21(15-24)26-16-19-8-9-19;1-2-14(17-11-12-3-4-12)10-16(9-1)13-5-7-15-8-6-13;;/h1-3,5-6,19-21H,4,7-17H2;12-15H,1-11H2;2*1H/t21-;14-;;/m11../s1. The van der Waals surface area contributed by atoms with Gasteiger partial charge in [-0.05, 0) is 121 Å². The monoisotopic (exact) mass is 682 g/mol. The van der Waals surface area contributed by atoms with E-state index in [0.29, 0.717) is 24.9 Å². The molecule has 1 amide bonds. The highest BCUT2D eigenvalue weighted by Gasteiger charge is 2.32. The lowest BCUT2D eigenvalue weighted by Crippen LogP contribution is -2.51. The Morgan fingerprint density at radius 3 is 1.72 bits per heavy atom. The number of hydrogen-bond acceptors (Lipinski definition) is 7. The molecule has 2 aliphatic carbocycles. The van der Waals surface area contributed by atoms with E-state index in [1.54, 1.807) is 0 Å². The third-order valence-electron chi connectivity index (χ3n) is 10.6. The Balaban J connectivity index is 0.000000219. The van der Waals surface area contributed by atoms with Crippen molar-refractivity contribution < 1.29 is 19.0 Å². The highest BCUT2D eigenvalue weighted by Crippen LogP contribution is 2.31. The highest BCUT2D eigenvalue weighted by molar-refractivity contribution is 5.85. The first-order chi connectivity index (χ1) is 21.7. The second kappa shape index (κ2) is 19.8. The molecule has 2 saturated carbocycles. The number of nitrogens with one attached hydrogen (secondary N) is 1. The summed E-state index contributed by atoms with van der Waals surface area (Å²) in [6.45, 7) is 11.1. The van der Waals surface area contributed by atoms with Crippen LogP contribution in [0.3, 0.4) is 0 Å². The first kappa shape index (κ1) is 37.7. The first-order valence-corrected chi connectivity index (χ1v) is 18.1. The Hall–Kier alpha value is -1.13. The van der Waals surface area contributed by atoms with Gasteiger partial charge in [-0.15, -0.1) is 24.8 Å². The van der Waals surface area contributed by atoms with Gasteiger partial charge < -0.3 is 24.4 Å². The fourth-order valence-electron chi connectivity index (χ4n) is 7.38. The summed E-state index contributed by atoms with van der Waals surface area (Å²) in [7, 11) is 0. The lowest BCUT2D eigenvalue weighted by Gasteiger charge is -2.42. The summed E-state index contributed by atoms with van der Waals surface area (Å²) in [6, 6.07) is 11.3. The van der Waals surface area contributed by atoms with E-state index >= 15 is 0 Å². The lowest BCUT2D eigenvalue weighted by molar-refractivity contribution is -0.0253. The maximum Gasteiger partial charge on any atom is 0.410 e. The lowest BCUT2D eigenvalue weighted by atomic mass is 9.99. The molecule has 0 unspecified atom stereocenters. The first-order valence-electron chi connectivity index (χ1n) is 18.1. The van der Waals surface area contributed by atoms with Crippen LogP contribution in [0, 0.1) is 11.8 Å². The molecule has 0 radical (unpaired) electrons. The van der Waals surface area contributed by atoms with E-state index in [4.69, 9.17) is 14.2 Å². The summed E-state index contributed by atoms with van der Waals surface area (Å²) in [5.41, 5.74) is 1.03. The number of likely N-dealkylation sites (tertiary alicyclic amines) is 3. The van der Waals surface area contributed by atoms with Crippen molar-refractivity contribution in [2.24, 2.45) is 11.8 Å². The molecule has 0 aromatic heterocycles. The molecule has 4 heterocycles. The van der Waals surface area contributed by atoms with E-state index < -0.39 is 0 Å². The van der Waals surface area contributed by atoms with Gasteiger partial charge in [-0.2, -0.15) is 0 Å². The molecule has 8 nitrogen and oxygen atoms in total. The Kier molecular flexibility index (Phi) is 16.2. The fourth-order valence-corrected chi connectivity index (χ4v) is 7.38. The van der Waals surface area contributed by atoms with Crippen LogP contribution in [-0.4, -0.2) is 111 Å². The van der Waals surface area contributed by atoms with Crippen molar-refractivity contribution in [3.8, 4) is 0 Å². The summed E-state index contributed by atoms with van der Waals surface area (Å²) in [5.74, 6) is 1.75. The van der Waals surface area contributed by atoms with Gasteiger partial charge in [0, 0.05) is 51.5 Å². The van der Waals surface area contributed by atoms with E-state index in [1.807, 2.05) is 35.2 Å². The predicted molar refractivity (Wildman–Crippen MR) is 188 cm³/mol. The van der Waals surface area contributed by atoms with Crippen molar-refractivity contribution in [3.05, 3.63) is 35.9 Å². The second-order valence-corrected chi connectivity index (χ2v) is 14.3. The van der Waals surface area contributed by atoms with Crippen molar-refractivity contribution in [2.45, 2.75) is 108 Å². The molecule has 6 fully saturated rings. The van der Waals surface area contributed by atoms with Crippen molar-refractivity contribution >= 4 is 30.9 Å². The van der Waals surface area contributed by atoms with Crippen LogP contribution in [0.2, 0.25) is 0 Å². The number of benzene rings is 1. The SMILES string of the molecule is C1C[C@@H](OCC2CC2)CN(C2CCNCC2)C1.Cl.Cl.O=C(OCc1ccccc1)N1CCC(N2CCC[C@@H](OCC3CC3)C2)CC1. The van der Waals surface area contributed by atoms with Gasteiger partial charge in [0.1, 0.15) is 6.61 Å². The number of halogens is 2. The van der Waals surface area contributed by atoms with Gasteiger partial charge >= 0.3 is 6.09 Å². The Bertz CT molecular complexity index is 987. The molecule has 0 bridgehead atoms. The summed E-state index contributed by atoms with van der Waals surface area (Å²) in [6.07, 6.45) is 16.1. The van der Waals surface area contributed by atoms with Crippen molar-refractivity contribution in [3.63, 3.8) is 0 Å². The van der Waals surface area contributed by atoms with Crippen LogP contribution in [0.15, 0.2) is 30.3 Å². The molecule has 10 heteroatoms. The van der Waals surface area contributed by atoms with Gasteiger partial charge in [0.2, 0.25) is 0 Å². The molecule has 4 aliphatic heterocycles. The second-order valence-electron chi connectivity index (χ2n) is 14.3. The predicted octanol–water partition coefficient (Wildman–Crippen LogP) is 6.15. The molecule has 6 aliphatic rings. The zero-order chi connectivity index (χ0) is 30.0. The minimum atomic E-state index is -0.179. The van der Waals surface area contributed by atoms with Gasteiger partial charge in [0.25, 0.3) is 0 Å². The van der Waals surface area contributed by atoms with E-state index in [-0.39, 0.29) is 30.9 Å². The zero-order valence-corrected chi connectivity index (χ0v) is 29.5. The third-order valence-corrected chi connectivity index (χ3v) is 10.6. The molecule has 1 N–H and O–H groups in total. The number of nitrogens with zero attached hydrogens (tertiary/aromatic N) is 3. The molecule has 262 valence electrons. The summed E-state index contributed by atoms with van der Waals surface area (Å²) < 4.78 is 17.7. The van der Waals surface area contributed by atoms with Gasteiger partial charge in [0.05, 0.1) is 12.2 Å². The van der Waals surface area contributed by atoms with Crippen molar-refractivity contribution in [1.29, 1.82) is 0 Å². The van der Waals surface area contributed by atoms with Gasteiger partial charge in [-0.1, -0.05) is 30.3 Å². The molecule has 4 saturated heterocycles. The third kappa shape index (κ3) is 12.4. The number of rotatable bonds is 10. The summed E-state index contributed by atoms with van der Waals surface area (Å²) in [4.78, 5) is 19.5. The normalized spacial score (nSPS) is 26.7. The number of ether oxygens (including phenoxy) is 3. The Labute approximate surface area is 290 Å². The molecular formula is C36H60Cl2N4O4. The number of hydrogen-bond donors (Lipinski definition) is 1. The van der Waals surface area contributed by atoms with Crippen LogP contribution >= 0.6 is 24.8 Å². The van der Waals surface area contributed by atoms with Gasteiger partial charge in [-0.25, -0.2) is 4.79 Å². The van der Waals surface area contributed by atoms with Crippen LogP contribution in [0.1, 0.15) is 82.6 Å². The molecular weight excluding hydrogens is 623 g/mol. The average Bonchev–Trinajstić information content (AvgIpc) is 4.03. The minimum absolute atomic E-state index is 0. The fraction of sp³-hybridized carbons (Fsp3) is 0.806. The highest BCUT2D eigenvalue weighted by atomic mass is 35.5. The van der Waals surface area contributed by atoms with Crippen LogP contribution in [0.25, 0.3) is 0 Å². The van der Waals surface area contributed by atoms with E-state index in [2.05, 4.69) is 15.1 Å². The van der Waals surface area contributed by atoms with Crippen LogP contribution < -0.4 is 5.32 Å². The van der Waals surface area contributed by atoms with Gasteiger partial charge in [0.15, 0.2) is 0 Å². The molecule has 1 aromatic carbocycles. The number of carbonyl (C=O) groups excluding carboxylic acids is 1. The Morgan fingerprint density at radius 2 is 1.20 bits per heavy atom. The van der Waals surface area contributed by atoms with Crippen molar-refractivity contribution in [2.75, 3.05) is 65.6 Å². The maximum atomic E-state index is 12.3. The summed E-state index contributed by atoms with van der Waals surface area (Å²) in [5, 5.41) is 3.46. The van der Waals surface area contributed by atoms with Crippen molar-refractivity contribution in [1.82, 2.24) is 20.0 Å². The smallest absolute Gasteiger partial charge is 0.410 e. The number of piperidine rings is 4. The number of carbonyl (C=O) groups is 1. The van der Waals surface area contributed by atoms with Crippen LogP contribution in [-0.2, 0) is 20.8 Å². The van der Waals surface area contributed by atoms with Crippen LogP contribution in [0.5, 0.6) is 0 Å². The molecule has 0 spiro atoms. The van der Waals surface area contributed by atoms with E-state index in [0.717, 1.165) is 69.1 Å². The molecule has 2 atom stereocenters. The molecule has 7 rings (SSSR count). The van der Waals surface area contributed by atoms with Gasteiger partial charge in [-0.3, -0.25) is 9.80 Å². The minimum Gasteiger partial charge on any atom is -0.445 e. The maximum absolute atomic E-state index is 12.3. The number of amides is 1. The quantitative estimate of drug-likeness (QED) is 0.318. The van der Waals surface area contributed by atoms with Crippen LogP contribution in [0.4, 0.5) is 4.79 Å². The topological polar surface area (TPSA) is 66.5 Å².